The highest BCUT2D eigenvalue weighted by atomic mass is 16.5. The molecule has 2 saturated heterocycles. The molecule has 0 atom stereocenters. The predicted molar refractivity (Wildman–Crippen MR) is 53.0 cm³/mol. The van der Waals surface area contributed by atoms with Gasteiger partial charge in [0, 0.05) is 20.2 Å². The van der Waals surface area contributed by atoms with E-state index in [1.54, 1.807) is 7.11 Å². The average Bonchev–Trinajstić information content (AvgIpc) is 2.25. The molecular weight excluding hydrogens is 180 g/mol. The van der Waals surface area contributed by atoms with E-state index in [1.807, 2.05) is 4.90 Å². The zero-order chi connectivity index (χ0) is 10.0. The van der Waals surface area contributed by atoms with Gasteiger partial charge < -0.3 is 15.0 Å². The first-order valence-corrected chi connectivity index (χ1v) is 5.27. The fourth-order valence-electron chi connectivity index (χ4n) is 2.41. The Bertz CT molecular complexity index is 224. The summed E-state index contributed by atoms with van der Waals surface area (Å²) in [5.41, 5.74) is -0.00100. The number of carbonyl (C=O) groups excluding carboxylic acids is 1. The lowest BCUT2D eigenvalue weighted by Crippen LogP contribution is -2.64. The van der Waals surface area contributed by atoms with Gasteiger partial charge in [0.1, 0.15) is 0 Å². The van der Waals surface area contributed by atoms with Gasteiger partial charge in [-0.2, -0.15) is 0 Å². The van der Waals surface area contributed by atoms with Crippen LogP contribution >= 0.6 is 0 Å². The molecule has 4 nitrogen and oxygen atoms in total. The minimum atomic E-state index is -0.00100. The zero-order valence-electron chi connectivity index (χ0n) is 8.71. The van der Waals surface area contributed by atoms with Gasteiger partial charge in [-0.1, -0.05) is 0 Å². The van der Waals surface area contributed by atoms with Crippen LogP contribution in [0.3, 0.4) is 0 Å². The molecule has 4 heteroatoms. The van der Waals surface area contributed by atoms with Crippen molar-refractivity contribution in [1.29, 1.82) is 0 Å². The summed E-state index contributed by atoms with van der Waals surface area (Å²) in [4.78, 5) is 13.8. The van der Waals surface area contributed by atoms with Crippen molar-refractivity contribution in [2.24, 2.45) is 5.41 Å². The molecule has 0 aliphatic carbocycles. The van der Waals surface area contributed by atoms with Gasteiger partial charge in [0.2, 0.25) is 5.91 Å². The molecule has 0 aromatic heterocycles. The molecule has 2 fully saturated rings. The van der Waals surface area contributed by atoms with E-state index in [-0.39, 0.29) is 5.41 Å². The number of amides is 1. The first-order chi connectivity index (χ1) is 6.78. The standard InChI is InChI=1S/C10H18N2O2/c1-14-7-6-12-8-10(9(12)13)2-4-11-5-3-10/h11H,2-8H2,1H3. The Hall–Kier alpha value is -0.610. The topological polar surface area (TPSA) is 41.6 Å². The van der Waals surface area contributed by atoms with E-state index in [2.05, 4.69) is 5.32 Å². The van der Waals surface area contributed by atoms with E-state index in [0.29, 0.717) is 12.5 Å². The summed E-state index contributed by atoms with van der Waals surface area (Å²) in [6, 6.07) is 0. The van der Waals surface area contributed by atoms with Crippen LogP contribution in [-0.2, 0) is 9.53 Å². The van der Waals surface area contributed by atoms with Crippen LogP contribution < -0.4 is 5.32 Å². The Kier molecular flexibility index (Phi) is 2.74. The molecule has 2 aliphatic heterocycles. The quantitative estimate of drug-likeness (QED) is 0.641. The number of hydrogen-bond acceptors (Lipinski definition) is 3. The number of methoxy groups -OCH3 is 1. The third kappa shape index (κ3) is 1.53. The number of nitrogens with zero attached hydrogens (tertiary/aromatic N) is 1. The Labute approximate surface area is 84.6 Å². The van der Waals surface area contributed by atoms with Crippen LogP contribution in [-0.4, -0.2) is 50.7 Å². The molecule has 1 amide bonds. The molecule has 1 N–H and O–H groups in total. The highest BCUT2D eigenvalue weighted by Gasteiger charge is 2.51. The lowest BCUT2D eigenvalue weighted by molar-refractivity contribution is -0.164. The number of ether oxygens (including phenoxy) is 1. The van der Waals surface area contributed by atoms with E-state index >= 15 is 0 Å². The van der Waals surface area contributed by atoms with E-state index < -0.39 is 0 Å². The molecule has 2 aliphatic rings. The zero-order valence-corrected chi connectivity index (χ0v) is 8.71. The van der Waals surface area contributed by atoms with Crippen molar-refractivity contribution in [2.75, 3.05) is 39.9 Å². The van der Waals surface area contributed by atoms with Crippen LogP contribution in [0.25, 0.3) is 0 Å². The number of hydrogen-bond donors (Lipinski definition) is 1. The second-order valence-electron chi connectivity index (χ2n) is 4.25. The average molecular weight is 198 g/mol. The minimum absolute atomic E-state index is 0.00100. The van der Waals surface area contributed by atoms with Crippen molar-refractivity contribution < 1.29 is 9.53 Å². The minimum Gasteiger partial charge on any atom is -0.383 e. The Morgan fingerprint density at radius 3 is 2.79 bits per heavy atom. The predicted octanol–water partition coefficient (Wildman–Crippen LogP) is -0.155. The lowest BCUT2D eigenvalue weighted by atomic mass is 9.71. The largest absolute Gasteiger partial charge is 0.383 e. The molecule has 14 heavy (non-hydrogen) atoms. The van der Waals surface area contributed by atoms with Crippen LogP contribution in [0.4, 0.5) is 0 Å². The molecule has 2 rings (SSSR count). The van der Waals surface area contributed by atoms with Gasteiger partial charge in [-0.05, 0) is 25.9 Å². The molecule has 80 valence electrons. The van der Waals surface area contributed by atoms with Crippen molar-refractivity contribution in [3.05, 3.63) is 0 Å². The maximum Gasteiger partial charge on any atom is 0.230 e. The van der Waals surface area contributed by atoms with E-state index in [9.17, 15) is 4.79 Å². The monoisotopic (exact) mass is 198 g/mol. The Morgan fingerprint density at radius 1 is 1.50 bits per heavy atom. The fourth-order valence-corrected chi connectivity index (χ4v) is 2.41. The third-order valence-electron chi connectivity index (χ3n) is 3.36. The van der Waals surface area contributed by atoms with Crippen LogP contribution in [0, 0.1) is 5.41 Å². The van der Waals surface area contributed by atoms with Crippen LogP contribution in [0.2, 0.25) is 0 Å². The summed E-state index contributed by atoms with van der Waals surface area (Å²) in [6.45, 7) is 4.33. The molecule has 0 radical (unpaired) electrons. The van der Waals surface area contributed by atoms with Crippen LogP contribution in [0.15, 0.2) is 0 Å². The van der Waals surface area contributed by atoms with Gasteiger partial charge in [0.15, 0.2) is 0 Å². The SMILES string of the molecule is COCCN1CC2(CCNCC2)C1=O. The molecule has 2 heterocycles. The van der Waals surface area contributed by atoms with Gasteiger partial charge in [-0.25, -0.2) is 0 Å². The summed E-state index contributed by atoms with van der Waals surface area (Å²) in [5, 5.41) is 3.29. The maximum atomic E-state index is 11.9. The van der Waals surface area contributed by atoms with Crippen molar-refractivity contribution in [3.63, 3.8) is 0 Å². The van der Waals surface area contributed by atoms with Crippen molar-refractivity contribution >= 4 is 5.91 Å². The first-order valence-electron chi connectivity index (χ1n) is 5.27. The highest BCUT2D eigenvalue weighted by molar-refractivity contribution is 5.88. The van der Waals surface area contributed by atoms with Gasteiger partial charge in [-0.15, -0.1) is 0 Å². The Morgan fingerprint density at radius 2 is 2.21 bits per heavy atom. The second kappa shape index (κ2) is 3.87. The van der Waals surface area contributed by atoms with Crippen LogP contribution in [0.1, 0.15) is 12.8 Å². The summed E-state index contributed by atoms with van der Waals surface area (Å²) in [5.74, 6) is 0.344. The summed E-state index contributed by atoms with van der Waals surface area (Å²) in [6.07, 6.45) is 2.02. The molecule has 0 bridgehead atoms. The second-order valence-corrected chi connectivity index (χ2v) is 4.25. The van der Waals surface area contributed by atoms with Crippen molar-refractivity contribution in [3.8, 4) is 0 Å². The van der Waals surface area contributed by atoms with E-state index in [0.717, 1.165) is 39.0 Å². The van der Waals surface area contributed by atoms with E-state index in [1.165, 1.54) is 0 Å². The van der Waals surface area contributed by atoms with Gasteiger partial charge in [0.25, 0.3) is 0 Å². The van der Waals surface area contributed by atoms with Gasteiger partial charge >= 0.3 is 0 Å². The van der Waals surface area contributed by atoms with Crippen molar-refractivity contribution in [2.45, 2.75) is 12.8 Å². The number of rotatable bonds is 3. The highest BCUT2D eigenvalue weighted by Crippen LogP contribution is 2.39. The normalized spacial score (nSPS) is 25.2. The number of piperidine rings is 1. The molecule has 0 aromatic carbocycles. The summed E-state index contributed by atoms with van der Waals surface area (Å²) < 4.78 is 4.97. The van der Waals surface area contributed by atoms with E-state index in [4.69, 9.17) is 4.74 Å². The summed E-state index contributed by atoms with van der Waals surface area (Å²) >= 11 is 0. The number of β-lactam (4-membered cyclic amide) rings is 1. The number of carbonyl (C=O) groups is 1. The number of nitrogens with one attached hydrogen (secondary N) is 1. The van der Waals surface area contributed by atoms with Gasteiger partial charge in [-0.3, -0.25) is 4.79 Å². The van der Waals surface area contributed by atoms with Crippen LogP contribution in [0.5, 0.6) is 0 Å². The molecule has 0 aromatic rings. The summed E-state index contributed by atoms with van der Waals surface area (Å²) in [7, 11) is 1.67. The van der Waals surface area contributed by atoms with Gasteiger partial charge in [0.05, 0.1) is 12.0 Å². The molecular formula is C10H18N2O2. The first kappa shape index (κ1) is 9.93. The number of likely N-dealkylation sites (tertiary alicyclic amines) is 1. The van der Waals surface area contributed by atoms with Crippen molar-refractivity contribution in [1.82, 2.24) is 10.2 Å². The maximum absolute atomic E-state index is 11.9. The molecule has 0 unspecified atom stereocenters. The smallest absolute Gasteiger partial charge is 0.230 e. The Balaban J connectivity index is 1.85. The fraction of sp³-hybridized carbons (Fsp3) is 0.900. The lowest BCUT2D eigenvalue weighted by Gasteiger charge is -2.50. The third-order valence-corrected chi connectivity index (χ3v) is 3.36. The molecule has 0 saturated carbocycles. The molecule has 1 spiro atoms.